The van der Waals surface area contributed by atoms with Gasteiger partial charge in [-0.3, -0.25) is 14.4 Å². The minimum atomic E-state index is -0.0947. The highest BCUT2D eigenvalue weighted by molar-refractivity contribution is 5.73. The first-order valence-corrected chi connectivity index (χ1v) is 6.85. The van der Waals surface area contributed by atoms with Gasteiger partial charge in [0.25, 0.3) is 0 Å². The third kappa shape index (κ3) is 3.15. The van der Waals surface area contributed by atoms with E-state index in [9.17, 15) is 4.79 Å². The first kappa shape index (κ1) is 14.1. The third-order valence-corrected chi connectivity index (χ3v) is 3.77. The SMILES string of the molecule is COC(=O)C1CN(Cc2ccn(C(C)C)n2)CC1C. The van der Waals surface area contributed by atoms with Gasteiger partial charge in [-0.2, -0.15) is 5.10 Å². The Morgan fingerprint density at radius 3 is 2.84 bits per heavy atom. The van der Waals surface area contributed by atoms with E-state index in [1.165, 1.54) is 7.11 Å². The van der Waals surface area contributed by atoms with Crippen molar-refractivity contribution in [3.63, 3.8) is 0 Å². The highest BCUT2D eigenvalue weighted by atomic mass is 16.5. The summed E-state index contributed by atoms with van der Waals surface area (Å²) < 4.78 is 6.82. The van der Waals surface area contributed by atoms with Gasteiger partial charge < -0.3 is 4.74 Å². The van der Waals surface area contributed by atoms with Gasteiger partial charge in [0.1, 0.15) is 0 Å². The molecule has 1 aromatic heterocycles. The standard InChI is InChI=1S/C14H23N3O2/c1-10(2)17-6-5-12(15-17)8-16-7-11(3)13(9-16)14(18)19-4/h5-6,10-11,13H,7-9H2,1-4H3. The van der Waals surface area contributed by atoms with Crippen LogP contribution in [-0.2, 0) is 16.1 Å². The predicted octanol–water partition coefficient (Wildman–Crippen LogP) is 1.70. The molecule has 106 valence electrons. The van der Waals surface area contributed by atoms with E-state index in [0.717, 1.165) is 25.3 Å². The second-order valence-corrected chi connectivity index (χ2v) is 5.68. The molecule has 0 spiro atoms. The molecule has 5 nitrogen and oxygen atoms in total. The number of nitrogens with zero attached hydrogens (tertiary/aromatic N) is 3. The molecule has 1 aromatic rings. The van der Waals surface area contributed by atoms with Crippen LogP contribution in [0, 0.1) is 11.8 Å². The summed E-state index contributed by atoms with van der Waals surface area (Å²) in [5, 5.41) is 4.55. The number of carbonyl (C=O) groups excluding carboxylic acids is 1. The second kappa shape index (κ2) is 5.74. The summed E-state index contributed by atoms with van der Waals surface area (Å²) >= 11 is 0. The highest BCUT2D eigenvalue weighted by Crippen LogP contribution is 2.25. The summed E-state index contributed by atoms with van der Waals surface area (Å²) in [7, 11) is 1.46. The maximum absolute atomic E-state index is 11.6. The van der Waals surface area contributed by atoms with Crippen LogP contribution in [0.5, 0.6) is 0 Å². The first-order valence-electron chi connectivity index (χ1n) is 6.85. The molecule has 0 saturated carbocycles. The molecule has 1 saturated heterocycles. The Bertz CT molecular complexity index is 442. The molecule has 1 aliphatic heterocycles. The van der Waals surface area contributed by atoms with Crippen LogP contribution in [0.3, 0.4) is 0 Å². The quantitative estimate of drug-likeness (QED) is 0.778. The number of carbonyl (C=O) groups is 1. The van der Waals surface area contributed by atoms with E-state index in [1.807, 2.05) is 10.9 Å². The fraction of sp³-hybridized carbons (Fsp3) is 0.714. The van der Waals surface area contributed by atoms with E-state index in [0.29, 0.717) is 12.0 Å². The number of hydrogen-bond donors (Lipinski definition) is 0. The normalized spacial score (nSPS) is 24.1. The van der Waals surface area contributed by atoms with Gasteiger partial charge in [-0.15, -0.1) is 0 Å². The van der Waals surface area contributed by atoms with Crippen molar-refractivity contribution in [3.8, 4) is 0 Å². The van der Waals surface area contributed by atoms with E-state index < -0.39 is 0 Å². The zero-order valence-electron chi connectivity index (χ0n) is 12.2. The molecule has 0 bridgehead atoms. The zero-order chi connectivity index (χ0) is 14.0. The molecule has 2 heterocycles. The van der Waals surface area contributed by atoms with Crippen molar-refractivity contribution in [3.05, 3.63) is 18.0 Å². The smallest absolute Gasteiger partial charge is 0.310 e. The fourth-order valence-corrected chi connectivity index (χ4v) is 2.63. The molecule has 0 aliphatic carbocycles. The van der Waals surface area contributed by atoms with E-state index in [-0.39, 0.29) is 11.9 Å². The molecular weight excluding hydrogens is 242 g/mol. The van der Waals surface area contributed by atoms with Crippen LogP contribution in [0.4, 0.5) is 0 Å². The molecule has 1 aliphatic rings. The Kier molecular flexibility index (Phi) is 4.24. The number of ether oxygens (including phenoxy) is 1. The average Bonchev–Trinajstić information content (AvgIpc) is 2.96. The minimum absolute atomic E-state index is 0.00261. The minimum Gasteiger partial charge on any atom is -0.469 e. The number of likely N-dealkylation sites (tertiary alicyclic amines) is 1. The molecule has 0 radical (unpaired) electrons. The Balaban J connectivity index is 1.95. The molecule has 0 N–H and O–H groups in total. The summed E-state index contributed by atoms with van der Waals surface area (Å²) in [6.07, 6.45) is 2.01. The Labute approximate surface area is 114 Å². The van der Waals surface area contributed by atoms with Gasteiger partial charge in [-0.1, -0.05) is 6.92 Å². The first-order chi connectivity index (χ1) is 9.01. The number of esters is 1. The summed E-state index contributed by atoms with van der Waals surface area (Å²) in [4.78, 5) is 13.9. The largest absolute Gasteiger partial charge is 0.469 e. The van der Waals surface area contributed by atoms with Gasteiger partial charge >= 0.3 is 5.97 Å². The van der Waals surface area contributed by atoms with Crippen molar-refractivity contribution in [1.29, 1.82) is 0 Å². The van der Waals surface area contributed by atoms with Crippen LogP contribution in [0.15, 0.2) is 12.3 Å². The number of rotatable bonds is 4. The van der Waals surface area contributed by atoms with E-state index in [4.69, 9.17) is 4.74 Å². The molecule has 2 unspecified atom stereocenters. The van der Waals surface area contributed by atoms with Gasteiger partial charge in [0.15, 0.2) is 0 Å². The fourth-order valence-electron chi connectivity index (χ4n) is 2.63. The molecule has 0 aromatic carbocycles. The number of methoxy groups -OCH3 is 1. The Morgan fingerprint density at radius 1 is 1.53 bits per heavy atom. The summed E-state index contributed by atoms with van der Waals surface area (Å²) in [5.41, 5.74) is 1.06. The lowest BCUT2D eigenvalue weighted by atomic mass is 9.99. The maximum Gasteiger partial charge on any atom is 0.310 e. The van der Waals surface area contributed by atoms with Crippen LogP contribution in [-0.4, -0.2) is 40.8 Å². The van der Waals surface area contributed by atoms with E-state index >= 15 is 0 Å². The van der Waals surface area contributed by atoms with Crippen LogP contribution < -0.4 is 0 Å². The lowest BCUT2D eigenvalue weighted by Crippen LogP contribution is -2.24. The van der Waals surface area contributed by atoms with Crippen molar-refractivity contribution >= 4 is 5.97 Å². The lowest BCUT2D eigenvalue weighted by Gasteiger charge is -2.13. The number of hydrogen-bond acceptors (Lipinski definition) is 4. The summed E-state index contributed by atoms with van der Waals surface area (Å²) in [6, 6.07) is 2.44. The van der Waals surface area contributed by atoms with Crippen LogP contribution in [0.25, 0.3) is 0 Å². The second-order valence-electron chi connectivity index (χ2n) is 5.68. The summed E-state index contributed by atoms with van der Waals surface area (Å²) in [6.45, 7) is 8.83. The van der Waals surface area contributed by atoms with Crippen molar-refractivity contribution in [2.45, 2.75) is 33.4 Å². The van der Waals surface area contributed by atoms with Gasteiger partial charge in [-0.05, 0) is 25.8 Å². The molecule has 0 amide bonds. The predicted molar refractivity (Wildman–Crippen MR) is 72.6 cm³/mol. The zero-order valence-corrected chi connectivity index (χ0v) is 12.2. The molecule has 2 atom stereocenters. The van der Waals surface area contributed by atoms with Crippen LogP contribution in [0.1, 0.15) is 32.5 Å². The molecule has 5 heteroatoms. The maximum atomic E-state index is 11.6. The van der Waals surface area contributed by atoms with Gasteiger partial charge in [-0.25, -0.2) is 0 Å². The van der Waals surface area contributed by atoms with E-state index in [2.05, 4.69) is 36.8 Å². The van der Waals surface area contributed by atoms with Crippen molar-refractivity contribution in [2.75, 3.05) is 20.2 Å². The van der Waals surface area contributed by atoms with Crippen LogP contribution >= 0.6 is 0 Å². The molecule has 2 rings (SSSR count). The molecule has 19 heavy (non-hydrogen) atoms. The van der Waals surface area contributed by atoms with Gasteiger partial charge in [0, 0.05) is 31.9 Å². The van der Waals surface area contributed by atoms with Crippen molar-refractivity contribution in [2.24, 2.45) is 11.8 Å². The number of aromatic nitrogens is 2. The monoisotopic (exact) mass is 265 g/mol. The summed E-state index contributed by atoms with van der Waals surface area (Å²) in [5.74, 6) is 0.250. The van der Waals surface area contributed by atoms with Gasteiger partial charge in [0.2, 0.25) is 0 Å². The van der Waals surface area contributed by atoms with Crippen LogP contribution in [0.2, 0.25) is 0 Å². The topological polar surface area (TPSA) is 47.4 Å². The Hall–Kier alpha value is -1.36. The Morgan fingerprint density at radius 2 is 2.26 bits per heavy atom. The van der Waals surface area contributed by atoms with Crippen molar-refractivity contribution in [1.82, 2.24) is 14.7 Å². The molecule has 1 fully saturated rings. The molecular formula is C14H23N3O2. The highest BCUT2D eigenvalue weighted by Gasteiger charge is 2.35. The third-order valence-electron chi connectivity index (χ3n) is 3.77. The average molecular weight is 265 g/mol. The van der Waals surface area contributed by atoms with E-state index in [1.54, 1.807) is 0 Å². The lowest BCUT2D eigenvalue weighted by molar-refractivity contribution is -0.146. The van der Waals surface area contributed by atoms with Gasteiger partial charge in [0.05, 0.1) is 18.7 Å². The van der Waals surface area contributed by atoms with Crippen molar-refractivity contribution < 1.29 is 9.53 Å².